The average Bonchev–Trinajstić information content (AvgIpc) is 3.11. The number of halogens is 1. The minimum absolute atomic E-state index is 0.0166. The number of anilines is 1. The van der Waals surface area contributed by atoms with Gasteiger partial charge in [0, 0.05) is 28.7 Å². The van der Waals surface area contributed by atoms with Crippen molar-refractivity contribution in [3.05, 3.63) is 76.3 Å². The van der Waals surface area contributed by atoms with Crippen LogP contribution in [0.4, 0.5) is 5.69 Å². The van der Waals surface area contributed by atoms with E-state index in [4.69, 9.17) is 11.6 Å². The summed E-state index contributed by atoms with van der Waals surface area (Å²) in [6.45, 7) is 2.57. The van der Waals surface area contributed by atoms with Crippen LogP contribution < -0.4 is 10.6 Å². The highest BCUT2D eigenvalue weighted by Gasteiger charge is 2.38. The monoisotopic (exact) mass is 352 g/mol. The zero-order valence-electron chi connectivity index (χ0n) is 14.1. The number of nitrogens with one attached hydrogen (secondary N) is 2. The maximum absolute atomic E-state index is 12.2. The first-order chi connectivity index (χ1) is 12.2. The molecule has 25 heavy (non-hydrogen) atoms. The highest BCUT2D eigenvalue weighted by atomic mass is 35.5. The lowest BCUT2D eigenvalue weighted by Crippen LogP contribution is -2.30. The average molecular weight is 353 g/mol. The minimum Gasteiger partial charge on any atom is -0.378 e. The van der Waals surface area contributed by atoms with Crippen molar-refractivity contribution in [2.75, 3.05) is 11.9 Å². The second-order valence-electron chi connectivity index (χ2n) is 6.66. The van der Waals surface area contributed by atoms with E-state index < -0.39 is 0 Å². The fourth-order valence-corrected chi connectivity index (χ4v) is 4.29. The molecule has 2 aromatic carbocycles. The molecule has 2 aliphatic rings. The van der Waals surface area contributed by atoms with Gasteiger partial charge >= 0.3 is 0 Å². The lowest BCUT2D eigenvalue weighted by molar-refractivity contribution is 0.0955. The molecule has 0 aromatic heterocycles. The molecule has 0 radical (unpaired) electrons. The molecule has 3 unspecified atom stereocenters. The van der Waals surface area contributed by atoms with Gasteiger partial charge in [0.2, 0.25) is 0 Å². The van der Waals surface area contributed by atoms with Crippen LogP contribution in [0.1, 0.15) is 46.8 Å². The van der Waals surface area contributed by atoms with E-state index in [1.165, 1.54) is 5.56 Å². The van der Waals surface area contributed by atoms with Gasteiger partial charge in [0.05, 0.1) is 6.04 Å². The molecule has 2 aromatic rings. The molecule has 128 valence electrons. The van der Waals surface area contributed by atoms with E-state index in [-0.39, 0.29) is 11.9 Å². The van der Waals surface area contributed by atoms with E-state index in [9.17, 15) is 4.79 Å². The molecule has 1 aliphatic carbocycles. The lowest BCUT2D eigenvalue weighted by Gasteiger charge is -2.38. The molecule has 1 amide bonds. The van der Waals surface area contributed by atoms with Crippen LogP contribution in [0.2, 0.25) is 5.02 Å². The quantitative estimate of drug-likeness (QED) is 0.770. The molecule has 0 saturated heterocycles. The molecule has 0 spiro atoms. The molecule has 0 saturated carbocycles. The molecule has 2 N–H and O–H groups in total. The Kier molecular flexibility index (Phi) is 4.26. The third-order valence-electron chi connectivity index (χ3n) is 5.20. The Bertz CT molecular complexity index is 846. The Morgan fingerprint density at radius 3 is 2.88 bits per heavy atom. The number of hydrogen-bond donors (Lipinski definition) is 2. The highest BCUT2D eigenvalue weighted by molar-refractivity contribution is 6.31. The van der Waals surface area contributed by atoms with E-state index in [0.717, 1.165) is 28.3 Å². The van der Waals surface area contributed by atoms with Gasteiger partial charge in [0.25, 0.3) is 5.91 Å². The minimum atomic E-state index is -0.0166. The van der Waals surface area contributed by atoms with Gasteiger partial charge in [0.15, 0.2) is 0 Å². The Morgan fingerprint density at radius 1 is 1.24 bits per heavy atom. The predicted molar refractivity (Wildman–Crippen MR) is 102 cm³/mol. The largest absolute Gasteiger partial charge is 0.378 e. The van der Waals surface area contributed by atoms with Gasteiger partial charge < -0.3 is 10.6 Å². The van der Waals surface area contributed by atoms with Gasteiger partial charge in [-0.25, -0.2) is 0 Å². The summed E-state index contributed by atoms with van der Waals surface area (Å²) in [4.78, 5) is 12.2. The van der Waals surface area contributed by atoms with Crippen LogP contribution in [0, 0.1) is 5.92 Å². The maximum Gasteiger partial charge on any atom is 0.251 e. The molecule has 0 bridgehead atoms. The highest BCUT2D eigenvalue weighted by Crippen LogP contribution is 2.50. The first kappa shape index (κ1) is 16.2. The summed E-state index contributed by atoms with van der Waals surface area (Å²) in [5, 5.41) is 7.34. The standard InChI is InChI=1S/C21H21ClN2O/c1-2-23-21(25)13-10-11-19-17(12-13)14-7-5-8-15(14)20(24-19)16-6-3-4-9-18(16)22/h3-7,9-12,14-15,20,24H,2,8H2,1H3,(H,23,25). The van der Waals surface area contributed by atoms with E-state index in [0.29, 0.717) is 18.4 Å². The number of carbonyl (C=O) groups excluding carboxylic acids is 1. The predicted octanol–water partition coefficient (Wildman–Crippen LogP) is 4.92. The molecule has 0 fully saturated rings. The van der Waals surface area contributed by atoms with Crippen LogP contribution >= 0.6 is 11.6 Å². The van der Waals surface area contributed by atoms with Crippen molar-refractivity contribution in [2.24, 2.45) is 5.92 Å². The van der Waals surface area contributed by atoms with Gasteiger partial charge in [-0.05, 0) is 54.7 Å². The summed E-state index contributed by atoms with van der Waals surface area (Å²) in [7, 11) is 0. The topological polar surface area (TPSA) is 41.1 Å². The summed E-state index contributed by atoms with van der Waals surface area (Å²) in [5.41, 5.74) is 4.15. The summed E-state index contributed by atoms with van der Waals surface area (Å²) < 4.78 is 0. The number of allylic oxidation sites excluding steroid dienone is 2. The summed E-state index contributed by atoms with van der Waals surface area (Å²) >= 11 is 6.46. The van der Waals surface area contributed by atoms with Gasteiger partial charge in [0.1, 0.15) is 0 Å². The molecule has 3 atom stereocenters. The number of carbonyl (C=O) groups is 1. The lowest BCUT2D eigenvalue weighted by atomic mass is 9.76. The molecule has 1 aliphatic heterocycles. The Morgan fingerprint density at radius 2 is 2.08 bits per heavy atom. The first-order valence-electron chi connectivity index (χ1n) is 8.79. The maximum atomic E-state index is 12.2. The summed E-state index contributed by atoms with van der Waals surface area (Å²) in [6.07, 6.45) is 5.53. The van der Waals surface area contributed by atoms with E-state index >= 15 is 0 Å². The van der Waals surface area contributed by atoms with Crippen LogP contribution in [-0.4, -0.2) is 12.5 Å². The van der Waals surface area contributed by atoms with E-state index in [1.54, 1.807) is 0 Å². The van der Waals surface area contributed by atoms with Crippen LogP contribution in [-0.2, 0) is 0 Å². The zero-order chi connectivity index (χ0) is 17.4. The Labute approximate surface area is 153 Å². The van der Waals surface area contributed by atoms with Crippen LogP contribution in [0.15, 0.2) is 54.6 Å². The molecule has 4 rings (SSSR count). The molecular weight excluding hydrogens is 332 g/mol. The van der Waals surface area contributed by atoms with Crippen molar-refractivity contribution in [3.63, 3.8) is 0 Å². The Balaban J connectivity index is 1.74. The second-order valence-corrected chi connectivity index (χ2v) is 7.07. The van der Waals surface area contributed by atoms with Crippen molar-refractivity contribution in [3.8, 4) is 0 Å². The van der Waals surface area contributed by atoms with Gasteiger partial charge in [-0.15, -0.1) is 0 Å². The van der Waals surface area contributed by atoms with Crippen molar-refractivity contribution in [1.82, 2.24) is 5.32 Å². The second kappa shape index (κ2) is 6.57. The summed E-state index contributed by atoms with van der Waals surface area (Å²) in [6, 6.07) is 14.2. The van der Waals surface area contributed by atoms with Crippen molar-refractivity contribution in [2.45, 2.75) is 25.3 Å². The number of amides is 1. The van der Waals surface area contributed by atoms with Crippen LogP contribution in [0.5, 0.6) is 0 Å². The first-order valence-corrected chi connectivity index (χ1v) is 9.16. The molecular formula is C21H21ClN2O. The van der Waals surface area contributed by atoms with Crippen LogP contribution in [0.3, 0.4) is 0 Å². The van der Waals surface area contributed by atoms with E-state index in [2.05, 4.69) is 28.9 Å². The number of hydrogen-bond acceptors (Lipinski definition) is 2. The summed E-state index contributed by atoms with van der Waals surface area (Å²) in [5.74, 6) is 0.709. The molecule has 1 heterocycles. The van der Waals surface area contributed by atoms with Gasteiger partial charge in [-0.1, -0.05) is 42.0 Å². The van der Waals surface area contributed by atoms with Gasteiger partial charge in [-0.3, -0.25) is 4.79 Å². The normalized spacial score (nSPS) is 23.5. The van der Waals surface area contributed by atoms with Gasteiger partial charge in [-0.2, -0.15) is 0 Å². The van der Waals surface area contributed by atoms with Crippen molar-refractivity contribution >= 4 is 23.2 Å². The number of rotatable bonds is 3. The van der Waals surface area contributed by atoms with E-state index in [1.807, 2.05) is 43.3 Å². The zero-order valence-corrected chi connectivity index (χ0v) is 14.9. The molecule has 4 heteroatoms. The smallest absolute Gasteiger partial charge is 0.251 e. The van der Waals surface area contributed by atoms with Crippen molar-refractivity contribution in [1.29, 1.82) is 0 Å². The Hall–Kier alpha value is -2.26. The van der Waals surface area contributed by atoms with Crippen molar-refractivity contribution < 1.29 is 4.79 Å². The fourth-order valence-electron chi connectivity index (χ4n) is 4.03. The number of benzene rings is 2. The molecule has 3 nitrogen and oxygen atoms in total. The SMILES string of the molecule is CCNC(=O)c1ccc2c(c1)C1C=CCC1C(c1ccccc1Cl)N2. The number of fused-ring (bicyclic) bond motifs is 3. The van der Waals surface area contributed by atoms with Crippen LogP contribution in [0.25, 0.3) is 0 Å². The fraction of sp³-hybridized carbons (Fsp3) is 0.286. The third kappa shape index (κ3) is 2.83. The third-order valence-corrected chi connectivity index (χ3v) is 5.55.